The number of carboxylic acid groups (broad SMARTS) is 1. The molecular weight excluding hydrogens is 246 g/mol. The summed E-state index contributed by atoms with van der Waals surface area (Å²) in [5.41, 5.74) is 2.93. The van der Waals surface area contributed by atoms with Crippen molar-refractivity contribution in [2.45, 2.75) is 27.3 Å². The third-order valence-corrected chi connectivity index (χ3v) is 3.00. The molecule has 5 heteroatoms. The number of aryl methyl sites for hydroxylation is 2. The van der Waals surface area contributed by atoms with Crippen molar-refractivity contribution in [3.05, 3.63) is 28.8 Å². The van der Waals surface area contributed by atoms with Crippen molar-refractivity contribution in [3.8, 4) is 5.75 Å². The van der Waals surface area contributed by atoms with Gasteiger partial charge in [0.1, 0.15) is 11.7 Å². The predicted octanol–water partition coefficient (Wildman–Crippen LogP) is 1.65. The zero-order valence-electron chi connectivity index (χ0n) is 11.6. The number of hydrogen-bond acceptors (Lipinski definition) is 3. The molecule has 1 aromatic carbocycles. The topological polar surface area (TPSA) is 75.6 Å². The Balaban J connectivity index is 2.83. The first-order valence-electron chi connectivity index (χ1n) is 6.01. The molecule has 0 aliphatic rings. The van der Waals surface area contributed by atoms with Crippen molar-refractivity contribution in [2.24, 2.45) is 5.92 Å². The van der Waals surface area contributed by atoms with Crippen molar-refractivity contribution in [1.29, 1.82) is 0 Å². The maximum absolute atomic E-state index is 11.6. The number of benzene rings is 1. The Morgan fingerprint density at radius 2 is 2.00 bits per heavy atom. The Morgan fingerprint density at radius 3 is 2.53 bits per heavy atom. The molecule has 104 valence electrons. The fourth-order valence-corrected chi connectivity index (χ4v) is 1.81. The number of rotatable bonds is 5. The molecule has 19 heavy (non-hydrogen) atoms. The quantitative estimate of drug-likeness (QED) is 0.794. The zero-order chi connectivity index (χ0) is 14.6. The minimum Gasteiger partial charge on any atom is -0.496 e. The van der Waals surface area contributed by atoms with Crippen LogP contribution < -0.4 is 10.1 Å². The van der Waals surface area contributed by atoms with Crippen LogP contribution in [-0.4, -0.2) is 24.1 Å². The molecule has 1 amide bonds. The minimum atomic E-state index is -1.13. The lowest BCUT2D eigenvalue weighted by Gasteiger charge is -2.14. The van der Waals surface area contributed by atoms with Crippen LogP contribution in [0.4, 0.5) is 0 Å². The van der Waals surface area contributed by atoms with Crippen LogP contribution in [0.1, 0.15) is 23.6 Å². The van der Waals surface area contributed by atoms with Crippen molar-refractivity contribution in [1.82, 2.24) is 5.32 Å². The average Bonchev–Trinajstić information content (AvgIpc) is 2.35. The molecule has 0 aliphatic heterocycles. The van der Waals surface area contributed by atoms with E-state index < -0.39 is 17.8 Å². The van der Waals surface area contributed by atoms with Crippen LogP contribution in [-0.2, 0) is 16.1 Å². The highest BCUT2D eigenvalue weighted by molar-refractivity contribution is 5.96. The van der Waals surface area contributed by atoms with E-state index in [4.69, 9.17) is 9.84 Å². The number of carboxylic acids is 1. The van der Waals surface area contributed by atoms with E-state index in [2.05, 4.69) is 5.32 Å². The second-order valence-electron chi connectivity index (χ2n) is 4.54. The lowest BCUT2D eigenvalue weighted by atomic mass is 10.0. The molecule has 1 rings (SSSR count). The second kappa shape index (κ2) is 6.22. The predicted molar refractivity (Wildman–Crippen MR) is 71.1 cm³/mol. The summed E-state index contributed by atoms with van der Waals surface area (Å²) in [5, 5.41) is 11.4. The van der Waals surface area contributed by atoms with E-state index in [9.17, 15) is 9.59 Å². The average molecular weight is 265 g/mol. The van der Waals surface area contributed by atoms with Crippen molar-refractivity contribution in [2.75, 3.05) is 7.11 Å². The standard InChI is InChI=1S/C14H19NO4/c1-8-5-9(2)11(12(6-8)19-4)7-15-13(16)10(3)14(17)18/h5-6,10H,7H2,1-4H3,(H,15,16)(H,17,18). The van der Waals surface area contributed by atoms with Crippen molar-refractivity contribution in [3.63, 3.8) is 0 Å². The first-order chi connectivity index (χ1) is 8.86. The molecule has 0 radical (unpaired) electrons. The van der Waals surface area contributed by atoms with Gasteiger partial charge in [-0.15, -0.1) is 0 Å². The van der Waals surface area contributed by atoms with Gasteiger partial charge < -0.3 is 15.2 Å². The maximum Gasteiger partial charge on any atom is 0.315 e. The molecular formula is C14H19NO4. The molecule has 5 nitrogen and oxygen atoms in total. The lowest BCUT2D eigenvalue weighted by Crippen LogP contribution is -2.33. The van der Waals surface area contributed by atoms with Gasteiger partial charge in [0.15, 0.2) is 0 Å². The van der Waals surface area contributed by atoms with Crippen LogP contribution >= 0.6 is 0 Å². The fraction of sp³-hybridized carbons (Fsp3) is 0.429. The number of methoxy groups -OCH3 is 1. The molecule has 2 N–H and O–H groups in total. The molecule has 1 aromatic rings. The lowest BCUT2D eigenvalue weighted by molar-refractivity contribution is -0.146. The molecule has 0 bridgehead atoms. The smallest absolute Gasteiger partial charge is 0.315 e. The number of carbonyl (C=O) groups is 2. The summed E-state index contributed by atoms with van der Waals surface area (Å²) >= 11 is 0. The number of hydrogen-bond donors (Lipinski definition) is 2. The van der Waals surface area contributed by atoms with E-state index in [1.807, 2.05) is 26.0 Å². The Morgan fingerprint density at radius 1 is 1.37 bits per heavy atom. The van der Waals surface area contributed by atoms with E-state index >= 15 is 0 Å². The monoisotopic (exact) mass is 265 g/mol. The van der Waals surface area contributed by atoms with Crippen LogP contribution in [0.25, 0.3) is 0 Å². The second-order valence-corrected chi connectivity index (χ2v) is 4.54. The van der Waals surface area contributed by atoms with Crippen molar-refractivity contribution >= 4 is 11.9 Å². The number of amides is 1. The highest BCUT2D eigenvalue weighted by atomic mass is 16.5. The summed E-state index contributed by atoms with van der Waals surface area (Å²) in [6, 6.07) is 3.87. The highest BCUT2D eigenvalue weighted by Crippen LogP contribution is 2.24. The van der Waals surface area contributed by atoms with E-state index in [-0.39, 0.29) is 6.54 Å². The number of ether oxygens (including phenoxy) is 1. The third kappa shape index (κ3) is 3.71. The van der Waals surface area contributed by atoms with Crippen LogP contribution in [0, 0.1) is 19.8 Å². The van der Waals surface area contributed by atoms with Crippen LogP contribution in [0.2, 0.25) is 0 Å². The summed E-state index contributed by atoms with van der Waals surface area (Å²) in [7, 11) is 1.57. The van der Waals surface area contributed by atoms with Gasteiger partial charge in [0.2, 0.25) is 5.91 Å². The maximum atomic E-state index is 11.6. The van der Waals surface area contributed by atoms with Crippen LogP contribution in [0.15, 0.2) is 12.1 Å². The molecule has 1 atom stereocenters. The Kier molecular flexibility index (Phi) is 4.92. The number of carbonyl (C=O) groups excluding carboxylic acids is 1. The van der Waals surface area contributed by atoms with E-state index in [0.29, 0.717) is 5.75 Å². The van der Waals surface area contributed by atoms with Crippen molar-refractivity contribution < 1.29 is 19.4 Å². The third-order valence-electron chi connectivity index (χ3n) is 3.00. The van der Waals surface area contributed by atoms with Gasteiger partial charge in [0.25, 0.3) is 0 Å². The summed E-state index contributed by atoms with van der Waals surface area (Å²) < 4.78 is 5.28. The van der Waals surface area contributed by atoms with Gasteiger partial charge in [-0.2, -0.15) is 0 Å². The molecule has 0 fully saturated rings. The van der Waals surface area contributed by atoms with Gasteiger partial charge in [-0.3, -0.25) is 9.59 Å². The van der Waals surface area contributed by atoms with Gasteiger partial charge in [-0.05, 0) is 38.0 Å². The fourth-order valence-electron chi connectivity index (χ4n) is 1.81. The van der Waals surface area contributed by atoms with E-state index in [0.717, 1.165) is 16.7 Å². The van der Waals surface area contributed by atoms with E-state index in [1.54, 1.807) is 7.11 Å². The molecule has 0 saturated heterocycles. The molecule has 0 spiro atoms. The molecule has 0 aliphatic carbocycles. The molecule has 0 heterocycles. The Bertz CT molecular complexity index is 496. The summed E-state index contributed by atoms with van der Waals surface area (Å²) in [4.78, 5) is 22.3. The normalized spacial score (nSPS) is 11.8. The summed E-state index contributed by atoms with van der Waals surface area (Å²) in [6.07, 6.45) is 0. The first kappa shape index (κ1) is 15.0. The molecule has 1 unspecified atom stereocenters. The Labute approximate surface area is 112 Å². The zero-order valence-corrected chi connectivity index (χ0v) is 11.6. The van der Waals surface area contributed by atoms with Gasteiger partial charge in [-0.1, -0.05) is 6.07 Å². The van der Waals surface area contributed by atoms with Crippen LogP contribution in [0.5, 0.6) is 5.75 Å². The number of aliphatic carboxylic acids is 1. The minimum absolute atomic E-state index is 0.256. The SMILES string of the molecule is COc1cc(C)cc(C)c1CNC(=O)C(C)C(=O)O. The first-order valence-corrected chi connectivity index (χ1v) is 6.01. The van der Waals surface area contributed by atoms with Gasteiger partial charge in [0.05, 0.1) is 7.11 Å². The van der Waals surface area contributed by atoms with Gasteiger partial charge in [0, 0.05) is 12.1 Å². The molecule has 0 aromatic heterocycles. The van der Waals surface area contributed by atoms with E-state index in [1.165, 1.54) is 6.92 Å². The Hall–Kier alpha value is -2.04. The number of nitrogens with one attached hydrogen (secondary N) is 1. The largest absolute Gasteiger partial charge is 0.496 e. The highest BCUT2D eigenvalue weighted by Gasteiger charge is 2.20. The van der Waals surface area contributed by atoms with Crippen LogP contribution in [0.3, 0.4) is 0 Å². The summed E-state index contributed by atoms with van der Waals surface area (Å²) in [6.45, 7) is 5.50. The summed E-state index contributed by atoms with van der Waals surface area (Å²) in [5.74, 6) is -2.00. The van der Waals surface area contributed by atoms with Gasteiger partial charge >= 0.3 is 5.97 Å². The molecule has 0 saturated carbocycles. The van der Waals surface area contributed by atoms with Gasteiger partial charge in [-0.25, -0.2) is 0 Å².